The molecule has 109 valence electrons. The first-order valence-electron chi connectivity index (χ1n) is 6.83. The van der Waals surface area contributed by atoms with Gasteiger partial charge in [-0.3, -0.25) is 0 Å². The highest BCUT2D eigenvalue weighted by atomic mass is 19.1. The second-order valence-electron chi connectivity index (χ2n) is 5.02. The van der Waals surface area contributed by atoms with Gasteiger partial charge >= 0.3 is 0 Å². The summed E-state index contributed by atoms with van der Waals surface area (Å²) in [4.78, 5) is 0. The maximum atomic E-state index is 14.2. The van der Waals surface area contributed by atoms with Gasteiger partial charge < -0.3 is 0 Å². The van der Waals surface area contributed by atoms with Crippen LogP contribution >= 0.6 is 0 Å². The van der Waals surface area contributed by atoms with Crippen LogP contribution in [0.25, 0.3) is 11.1 Å². The predicted molar refractivity (Wildman–Crippen MR) is 79.8 cm³/mol. The van der Waals surface area contributed by atoms with Gasteiger partial charge in [-0.05, 0) is 35.7 Å². The molecule has 3 aromatic carbocycles. The van der Waals surface area contributed by atoms with Crippen molar-refractivity contribution < 1.29 is 13.2 Å². The Bertz CT molecular complexity index is 792. The summed E-state index contributed by atoms with van der Waals surface area (Å²) in [5.41, 5.74) is 2.02. The molecule has 0 heterocycles. The lowest BCUT2D eigenvalue weighted by Crippen LogP contribution is -1.93. The van der Waals surface area contributed by atoms with E-state index in [4.69, 9.17) is 0 Å². The lowest BCUT2D eigenvalue weighted by molar-refractivity contribution is 0.614. The van der Waals surface area contributed by atoms with Gasteiger partial charge in [0.05, 0.1) is 0 Å². The van der Waals surface area contributed by atoms with Crippen molar-refractivity contribution in [3.05, 3.63) is 95.3 Å². The molecule has 0 bridgehead atoms. The smallest absolute Gasteiger partial charge is 0.139 e. The fourth-order valence-corrected chi connectivity index (χ4v) is 2.35. The summed E-state index contributed by atoms with van der Waals surface area (Å²) in [6, 6.07) is 17.7. The Morgan fingerprint density at radius 2 is 1.50 bits per heavy atom. The molecule has 0 spiro atoms. The Hall–Kier alpha value is -2.55. The molecule has 0 aromatic heterocycles. The molecule has 0 saturated carbocycles. The molecule has 0 aliphatic heterocycles. The van der Waals surface area contributed by atoms with E-state index in [0.717, 1.165) is 11.1 Å². The second-order valence-corrected chi connectivity index (χ2v) is 5.02. The van der Waals surface area contributed by atoms with Gasteiger partial charge in [0.15, 0.2) is 0 Å². The molecule has 22 heavy (non-hydrogen) atoms. The van der Waals surface area contributed by atoms with Crippen LogP contribution in [-0.4, -0.2) is 0 Å². The van der Waals surface area contributed by atoms with Crippen molar-refractivity contribution in [3.63, 3.8) is 0 Å². The summed E-state index contributed by atoms with van der Waals surface area (Å²) in [6.07, 6.45) is 0.487. The van der Waals surface area contributed by atoms with Gasteiger partial charge in [0, 0.05) is 17.2 Å². The van der Waals surface area contributed by atoms with E-state index in [1.165, 1.54) is 30.3 Å². The molecule has 0 atom stereocenters. The van der Waals surface area contributed by atoms with Crippen molar-refractivity contribution in [3.8, 4) is 11.1 Å². The monoisotopic (exact) mass is 297 g/mol. The highest BCUT2D eigenvalue weighted by Crippen LogP contribution is 2.26. The molecular formula is C19H12F3. The van der Waals surface area contributed by atoms with Crippen molar-refractivity contribution in [2.45, 2.75) is 6.42 Å². The van der Waals surface area contributed by atoms with Gasteiger partial charge in [0.1, 0.15) is 17.5 Å². The quantitative estimate of drug-likeness (QED) is 0.626. The van der Waals surface area contributed by atoms with Crippen molar-refractivity contribution in [2.24, 2.45) is 0 Å². The van der Waals surface area contributed by atoms with Crippen molar-refractivity contribution in [1.29, 1.82) is 0 Å². The molecule has 0 N–H and O–H groups in total. The number of hydrogen-bond donors (Lipinski definition) is 0. The SMILES string of the molecule is Fc1ccc(Cc2ccc(-c3ccc[c]c3F)c(F)c2)cc1. The molecule has 1 radical (unpaired) electrons. The standard InChI is InChI=1S/C19H12F3/c20-15-8-5-13(6-9-15)11-14-7-10-17(19(22)12-14)16-3-1-2-4-18(16)21/h1-3,5-10,12H,11H2. The molecule has 0 aliphatic rings. The van der Waals surface area contributed by atoms with E-state index in [1.807, 2.05) is 0 Å². The van der Waals surface area contributed by atoms with E-state index >= 15 is 0 Å². The molecular weight excluding hydrogens is 285 g/mol. The van der Waals surface area contributed by atoms with Crippen molar-refractivity contribution >= 4 is 0 Å². The van der Waals surface area contributed by atoms with E-state index in [9.17, 15) is 13.2 Å². The minimum Gasteiger partial charge on any atom is -0.207 e. The third-order valence-electron chi connectivity index (χ3n) is 3.45. The first kappa shape index (κ1) is 14.4. The van der Waals surface area contributed by atoms with Crippen LogP contribution in [0.3, 0.4) is 0 Å². The lowest BCUT2D eigenvalue weighted by Gasteiger charge is -2.08. The highest BCUT2D eigenvalue weighted by molar-refractivity contribution is 5.65. The van der Waals surface area contributed by atoms with Crippen molar-refractivity contribution in [1.82, 2.24) is 0 Å². The van der Waals surface area contributed by atoms with E-state index in [1.54, 1.807) is 30.3 Å². The van der Waals surface area contributed by atoms with Gasteiger partial charge in [-0.15, -0.1) is 0 Å². The fraction of sp³-hybridized carbons (Fsp3) is 0.0526. The topological polar surface area (TPSA) is 0 Å². The molecule has 3 aromatic rings. The zero-order valence-corrected chi connectivity index (χ0v) is 11.6. The van der Waals surface area contributed by atoms with Gasteiger partial charge in [-0.2, -0.15) is 0 Å². The maximum absolute atomic E-state index is 14.2. The number of hydrogen-bond acceptors (Lipinski definition) is 0. The molecule has 3 rings (SSSR count). The molecule has 0 amide bonds. The minimum atomic E-state index is -0.576. The third-order valence-corrected chi connectivity index (χ3v) is 3.45. The van der Waals surface area contributed by atoms with Crippen LogP contribution in [0.2, 0.25) is 0 Å². The van der Waals surface area contributed by atoms with Crippen LogP contribution in [0, 0.1) is 23.5 Å². The first-order valence-corrected chi connectivity index (χ1v) is 6.83. The lowest BCUT2D eigenvalue weighted by atomic mass is 9.99. The Kier molecular flexibility index (Phi) is 3.96. The summed E-state index contributed by atoms with van der Waals surface area (Å²) in [6.45, 7) is 0. The second kappa shape index (κ2) is 6.06. The van der Waals surface area contributed by atoms with Crippen LogP contribution in [0.5, 0.6) is 0 Å². The van der Waals surface area contributed by atoms with Crippen LogP contribution < -0.4 is 0 Å². The van der Waals surface area contributed by atoms with Crippen LogP contribution in [-0.2, 0) is 6.42 Å². The molecule has 0 fully saturated rings. The zero-order chi connectivity index (χ0) is 15.5. The van der Waals surface area contributed by atoms with E-state index < -0.39 is 11.6 Å². The first-order chi connectivity index (χ1) is 10.6. The summed E-state index contributed by atoms with van der Waals surface area (Å²) in [7, 11) is 0. The van der Waals surface area contributed by atoms with Gasteiger partial charge in [0.25, 0.3) is 0 Å². The largest absolute Gasteiger partial charge is 0.207 e. The number of benzene rings is 3. The van der Waals surface area contributed by atoms with Crippen LogP contribution in [0.15, 0.2) is 60.7 Å². The van der Waals surface area contributed by atoms with E-state index in [0.29, 0.717) is 6.42 Å². The minimum absolute atomic E-state index is 0.188. The van der Waals surface area contributed by atoms with Crippen LogP contribution in [0.1, 0.15) is 11.1 Å². The van der Waals surface area contributed by atoms with Gasteiger partial charge in [-0.25, -0.2) is 13.2 Å². The number of rotatable bonds is 3. The van der Waals surface area contributed by atoms with E-state index in [2.05, 4.69) is 6.07 Å². The van der Waals surface area contributed by atoms with Crippen LogP contribution in [0.4, 0.5) is 13.2 Å². The fourth-order valence-electron chi connectivity index (χ4n) is 2.35. The van der Waals surface area contributed by atoms with Gasteiger partial charge in [0.2, 0.25) is 0 Å². The number of halogens is 3. The molecule has 3 heteroatoms. The Labute approximate surface area is 126 Å². The highest BCUT2D eigenvalue weighted by Gasteiger charge is 2.10. The Morgan fingerprint density at radius 1 is 0.773 bits per heavy atom. The third kappa shape index (κ3) is 3.03. The average Bonchev–Trinajstić information content (AvgIpc) is 2.51. The summed E-state index contributed by atoms with van der Waals surface area (Å²) in [5, 5.41) is 0. The molecule has 0 saturated heterocycles. The summed E-state index contributed by atoms with van der Waals surface area (Å²) in [5.74, 6) is -1.37. The zero-order valence-electron chi connectivity index (χ0n) is 11.6. The summed E-state index contributed by atoms with van der Waals surface area (Å²) >= 11 is 0. The Morgan fingerprint density at radius 3 is 2.18 bits per heavy atom. The maximum Gasteiger partial charge on any atom is 0.139 e. The average molecular weight is 297 g/mol. The van der Waals surface area contributed by atoms with E-state index in [-0.39, 0.29) is 16.9 Å². The normalized spacial score (nSPS) is 10.7. The van der Waals surface area contributed by atoms with Gasteiger partial charge in [-0.1, -0.05) is 42.5 Å². The molecule has 0 aliphatic carbocycles. The predicted octanol–water partition coefficient (Wildman–Crippen LogP) is 5.16. The molecule has 0 nitrogen and oxygen atoms in total. The Balaban J connectivity index is 1.89. The summed E-state index contributed by atoms with van der Waals surface area (Å²) < 4.78 is 40.8. The molecule has 0 unspecified atom stereocenters. The van der Waals surface area contributed by atoms with Crippen molar-refractivity contribution in [2.75, 3.05) is 0 Å².